The number of likely N-dealkylation sites (tertiary alicyclic amines) is 1. The van der Waals surface area contributed by atoms with E-state index in [4.69, 9.17) is 17.3 Å². The van der Waals surface area contributed by atoms with Crippen LogP contribution in [0.25, 0.3) is 0 Å². The minimum atomic E-state index is -1.14. The van der Waals surface area contributed by atoms with Crippen LogP contribution in [-0.2, 0) is 4.79 Å². The van der Waals surface area contributed by atoms with Gasteiger partial charge in [-0.1, -0.05) is 11.6 Å². The highest BCUT2D eigenvalue weighted by Gasteiger charge is 2.33. The average Bonchev–Trinajstić information content (AvgIpc) is 2.42. The number of amides is 2. The van der Waals surface area contributed by atoms with Crippen molar-refractivity contribution in [2.24, 2.45) is 11.7 Å². The monoisotopic (exact) mass is 316 g/mol. The third kappa shape index (κ3) is 3.15. The molecule has 7 heteroatoms. The number of benzene rings is 1. The van der Waals surface area contributed by atoms with Crippen LogP contribution in [0.5, 0.6) is 0 Å². The van der Waals surface area contributed by atoms with Gasteiger partial charge in [-0.05, 0) is 31.9 Å². The van der Waals surface area contributed by atoms with E-state index in [9.17, 15) is 18.4 Å². The van der Waals surface area contributed by atoms with Crippen LogP contribution in [0.1, 0.15) is 30.1 Å². The largest absolute Gasteiger partial charge is 0.369 e. The van der Waals surface area contributed by atoms with Crippen molar-refractivity contribution < 1.29 is 18.4 Å². The fourth-order valence-electron chi connectivity index (χ4n) is 2.46. The van der Waals surface area contributed by atoms with E-state index in [1.54, 1.807) is 0 Å². The summed E-state index contributed by atoms with van der Waals surface area (Å²) in [4.78, 5) is 25.2. The highest BCUT2D eigenvalue weighted by atomic mass is 35.5. The summed E-state index contributed by atoms with van der Waals surface area (Å²) < 4.78 is 26.4. The van der Waals surface area contributed by atoms with Gasteiger partial charge in [-0.15, -0.1) is 0 Å². The summed E-state index contributed by atoms with van der Waals surface area (Å²) in [6.07, 6.45) is 1.21. The van der Waals surface area contributed by atoms with Crippen molar-refractivity contribution >= 4 is 23.4 Å². The van der Waals surface area contributed by atoms with Crippen molar-refractivity contribution in [3.05, 3.63) is 34.4 Å². The van der Waals surface area contributed by atoms with Gasteiger partial charge in [0, 0.05) is 12.6 Å². The van der Waals surface area contributed by atoms with Crippen LogP contribution in [0.4, 0.5) is 8.78 Å². The first-order chi connectivity index (χ1) is 9.81. The molecule has 2 rings (SSSR count). The number of piperidine rings is 1. The van der Waals surface area contributed by atoms with Gasteiger partial charge in [0.25, 0.3) is 5.91 Å². The van der Waals surface area contributed by atoms with E-state index in [2.05, 4.69) is 0 Å². The molecule has 2 N–H and O–H groups in total. The SMILES string of the molecule is C[C@H]1CC[C@H](C(N)=O)CN1C(=O)c1cc(F)c(F)cc1Cl. The molecule has 2 atom stereocenters. The number of rotatable bonds is 2. The van der Waals surface area contributed by atoms with Gasteiger partial charge in [0.15, 0.2) is 11.6 Å². The molecular weight excluding hydrogens is 302 g/mol. The number of nitrogens with zero attached hydrogens (tertiary/aromatic N) is 1. The van der Waals surface area contributed by atoms with E-state index >= 15 is 0 Å². The molecule has 1 aliphatic rings. The zero-order valence-electron chi connectivity index (χ0n) is 11.4. The Labute approximate surface area is 125 Å². The van der Waals surface area contributed by atoms with Crippen molar-refractivity contribution in [2.45, 2.75) is 25.8 Å². The predicted molar refractivity (Wildman–Crippen MR) is 73.8 cm³/mol. The maximum Gasteiger partial charge on any atom is 0.255 e. The molecule has 114 valence electrons. The molecule has 0 aliphatic carbocycles. The van der Waals surface area contributed by atoms with E-state index in [0.29, 0.717) is 12.8 Å². The molecule has 1 aromatic carbocycles. The van der Waals surface area contributed by atoms with Crippen LogP contribution in [0, 0.1) is 17.6 Å². The highest BCUT2D eigenvalue weighted by Crippen LogP contribution is 2.27. The Kier molecular flexibility index (Phi) is 4.46. The van der Waals surface area contributed by atoms with Gasteiger partial charge in [-0.2, -0.15) is 0 Å². The summed E-state index contributed by atoms with van der Waals surface area (Å²) in [5.74, 6) is -3.69. The molecule has 1 fully saturated rings. The first kappa shape index (κ1) is 15.7. The van der Waals surface area contributed by atoms with Gasteiger partial charge in [0.05, 0.1) is 16.5 Å². The maximum absolute atomic E-state index is 13.3. The summed E-state index contributed by atoms with van der Waals surface area (Å²) in [7, 11) is 0. The van der Waals surface area contributed by atoms with Crippen LogP contribution in [0.3, 0.4) is 0 Å². The van der Waals surface area contributed by atoms with Gasteiger partial charge in [0.2, 0.25) is 5.91 Å². The average molecular weight is 317 g/mol. The Morgan fingerprint density at radius 1 is 1.29 bits per heavy atom. The Hall–Kier alpha value is -1.69. The second kappa shape index (κ2) is 5.97. The molecule has 2 amide bonds. The molecule has 1 heterocycles. The molecule has 4 nitrogen and oxygen atoms in total. The van der Waals surface area contributed by atoms with Crippen LogP contribution < -0.4 is 5.73 Å². The lowest BCUT2D eigenvalue weighted by atomic mass is 9.92. The quantitative estimate of drug-likeness (QED) is 0.851. The Bertz CT molecular complexity index is 595. The highest BCUT2D eigenvalue weighted by molar-refractivity contribution is 6.33. The second-order valence-corrected chi connectivity index (χ2v) is 5.64. The minimum Gasteiger partial charge on any atom is -0.369 e. The maximum atomic E-state index is 13.3. The van der Waals surface area contributed by atoms with Crippen molar-refractivity contribution in [2.75, 3.05) is 6.54 Å². The first-order valence-corrected chi connectivity index (χ1v) is 6.94. The molecule has 0 bridgehead atoms. The second-order valence-electron chi connectivity index (χ2n) is 5.23. The molecule has 0 aromatic heterocycles. The zero-order valence-corrected chi connectivity index (χ0v) is 12.2. The van der Waals surface area contributed by atoms with Gasteiger partial charge in [0.1, 0.15) is 0 Å². The van der Waals surface area contributed by atoms with Crippen LogP contribution in [0.15, 0.2) is 12.1 Å². The summed E-state index contributed by atoms with van der Waals surface area (Å²) in [5, 5.41) is -0.160. The van der Waals surface area contributed by atoms with Crippen molar-refractivity contribution in [3.8, 4) is 0 Å². The van der Waals surface area contributed by atoms with Crippen LogP contribution in [0.2, 0.25) is 5.02 Å². The molecule has 1 aromatic rings. The fourth-order valence-corrected chi connectivity index (χ4v) is 2.69. The van der Waals surface area contributed by atoms with Gasteiger partial charge in [-0.3, -0.25) is 9.59 Å². The number of carbonyl (C=O) groups excluding carboxylic acids is 2. The van der Waals surface area contributed by atoms with E-state index in [1.807, 2.05) is 6.92 Å². The molecule has 0 unspecified atom stereocenters. The topological polar surface area (TPSA) is 63.4 Å². The normalized spacial score (nSPS) is 22.2. The lowest BCUT2D eigenvalue weighted by molar-refractivity contribution is -0.123. The van der Waals surface area contributed by atoms with Crippen molar-refractivity contribution in [1.29, 1.82) is 0 Å². The number of carbonyl (C=O) groups is 2. The Morgan fingerprint density at radius 2 is 1.90 bits per heavy atom. The zero-order chi connectivity index (χ0) is 15.7. The van der Waals surface area contributed by atoms with Crippen molar-refractivity contribution in [3.63, 3.8) is 0 Å². The molecule has 21 heavy (non-hydrogen) atoms. The lowest BCUT2D eigenvalue weighted by Gasteiger charge is -2.37. The summed E-state index contributed by atoms with van der Waals surface area (Å²) in [6.45, 7) is 1.98. The third-order valence-corrected chi connectivity index (χ3v) is 4.10. The molecular formula is C14H15ClF2N2O2. The number of halogens is 3. The van der Waals surface area contributed by atoms with E-state index in [-0.39, 0.29) is 23.2 Å². The predicted octanol–water partition coefficient (Wildman–Crippen LogP) is 2.34. The smallest absolute Gasteiger partial charge is 0.255 e. The lowest BCUT2D eigenvalue weighted by Crippen LogP contribution is -2.48. The van der Waals surface area contributed by atoms with Crippen molar-refractivity contribution in [1.82, 2.24) is 4.90 Å². The van der Waals surface area contributed by atoms with E-state index in [0.717, 1.165) is 12.1 Å². The number of hydrogen-bond acceptors (Lipinski definition) is 2. The van der Waals surface area contributed by atoms with Gasteiger partial charge in [-0.25, -0.2) is 8.78 Å². The fraction of sp³-hybridized carbons (Fsp3) is 0.429. The van der Waals surface area contributed by atoms with Crippen LogP contribution >= 0.6 is 11.6 Å². The summed E-state index contributed by atoms with van der Waals surface area (Å²) in [5.41, 5.74) is 5.16. The van der Waals surface area contributed by atoms with E-state index < -0.39 is 29.4 Å². The summed E-state index contributed by atoms with van der Waals surface area (Å²) in [6, 6.07) is 1.42. The standard InChI is InChI=1S/C14H15ClF2N2O2/c1-7-2-3-8(13(18)20)6-19(7)14(21)9-4-11(16)12(17)5-10(9)15/h4-5,7-8H,2-3,6H2,1H3,(H2,18,20)/t7-,8-/m0/s1. The number of nitrogens with two attached hydrogens (primary N) is 1. The Morgan fingerprint density at radius 3 is 2.52 bits per heavy atom. The first-order valence-electron chi connectivity index (χ1n) is 6.56. The van der Waals surface area contributed by atoms with Crippen LogP contribution in [-0.4, -0.2) is 29.3 Å². The number of primary amides is 1. The van der Waals surface area contributed by atoms with E-state index in [1.165, 1.54) is 4.90 Å². The Balaban J connectivity index is 2.30. The third-order valence-electron chi connectivity index (χ3n) is 3.79. The van der Waals surface area contributed by atoms with Gasteiger partial charge < -0.3 is 10.6 Å². The summed E-state index contributed by atoms with van der Waals surface area (Å²) >= 11 is 5.82. The number of hydrogen-bond donors (Lipinski definition) is 1. The van der Waals surface area contributed by atoms with Gasteiger partial charge >= 0.3 is 0 Å². The molecule has 1 aliphatic heterocycles. The molecule has 1 saturated heterocycles. The molecule has 0 spiro atoms. The minimum absolute atomic E-state index is 0.118. The molecule has 0 saturated carbocycles. The molecule has 0 radical (unpaired) electrons.